The predicted molar refractivity (Wildman–Crippen MR) is 120 cm³/mol. The van der Waals surface area contributed by atoms with Gasteiger partial charge >= 0.3 is 0 Å². The zero-order chi connectivity index (χ0) is 21.5. The summed E-state index contributed by atoms with van der Waals surface area (Å²) in [5, 5.41) is 9.31. The Kier molecular flexibility index (Phi) is 7.27. The minimum Gasteiger partial charge on any atom is -0.484 e. The van der Waals surface area contributed by atoms with Gasteiger partial charge in [-0.05, 0) is 42.0 Å². The molecule has 0 aliphatic heterocycles. The fourth-order valence-electron chi connectivity index (χ4n) is 2.66. The second kappa shape index (κ2) is 10.1. The van der Waals surface area contributed by atoms with Crippen molar-refractivity contribution in [3.05, 3.63) is 70.7 Å². The van der Waals surface area contributed by atoms with Crippen LogP contribution in [0.15, 0.2) is 65.8 Å². The number of amides is 2. The summed E-state index contributed by atoms with van der Waals surface area (Å²) in [5.74, 6) is -0.176. The van der Waals surface area contributed by atoms with Crippen LogP contribution in [0.3, 0.4) is 0 Å². The van der Waals surface area contributed by atoms with Gasteiger partial charge in [-0.25, -0.2) is 5.43 Å². The van der Waals surface area contributed by atoms with Crippen molar-refractivity contribution in [3.8, 4) is 5.75 Å². The van der Waals surface area contributed by atoms with Crippen molar-refractivity contribution in [1.82, 2.24) is 5.43 Å². The fourth-order valence-corrected chi connectivity index (χ4v) is 3.01. The molecule has 8 heteroatoms. The molecular formula is C22H19Cl2N3O3. The van der Waals surface area contributed by atoms with Crippen LogP contribution in [-0.4, -0.2) is 24.1 Å². The molecule has 0 aromatic heterocycles. The van der Waals surface area contributed by atoms with Crippen LogP contribution in [0.2, 0.25) is 10.0 Å². The van der Waals surface area contributed by atoms with Gasteiger partial charge < -0.3 is 10.1 Å². The molecule has 0 bridgehead atoms. The highest BCUT2D eigenvalue weighted by Gasteiger charge is 2.10. The molecule has 0 aliphatic rings. The Balaban J connectivity index is 1.47. The topological polar surface area (TPSA) is 79.8 Å². The second-order valence-corrected chi connectivity index (χ2v) is 7.29. The average Bonchev–Trinajstić information content (AvgIpc) is 2.74. The first-order valence-corrected chi connectivity index (χ1v) is 9.85. The summed E-state index contributed by atoms with van der Waals surface area (Å²) in [6, 6.07) is 18.4. The van der Waals surface area contributed by atoms with Crippen LogP contribution in [0.1, 0.15) is 13.3 Å². The minimum absolute atomic E-state index is 0.0192. The van der Waals surface area contributed by atoms with Gasteiger partial charge in [0, 0.05) is 5.71 Å². The second-order valence-electron chi connectivity index (χ2n) is 6.51. The molecule has 0 unspecified atom stereocenters. The fraction of sp³-hybridized carbons (Fsp3) is 0.136. The maximum absolute atomic E-state index is 12.1. The molecule has 0 heterocycles. The Morgan fingerprint density at radius 1 is 0.967 bits per heavy atom. The van der Waals surface area contributed by atoms with E-state index in [1.807, 2.05) is 36.4 Å². The number of carbonyl (C=O) groups is 2. The maximum atomic E-state index is 12.1. The first-order valence-electron chi connectivity index (χ1n) is 9.10. The smallest absolute Gasteiger partial charge is 0.277 e. The average molecular weight is 444 g/mol. The van der Waals surface area contributed by atoms with Crippen LogP contribution in [0, 0.1) is 0 Å². The number of halogens is 2. The number of benzene rings is 3. The van der Waals surface area contributed by atoms with Gasteiger partial charge in [-0.2, -0.15) is 5.10 Å². The third-order valence-electron chi connectivity index (χ3n) is 4.10. The standard InChI is InChI=1S/C22H19Cl2N3O3/c1-14(11-20(28)25-19-8-4-7-18(23)22(19)24)26-27-21(29)13-30-17-10-9-15-5-2-3-6-16(15)12-17/h2-10,12H,11,13H2,1H3,(H,25,28)(H,27,29)/b26-14+. The first-order chi connectivity index (χ1) is 14.4. The highest BCUT2D eigenvalue weighted by Crippen LogP contribution is 2.29. The molecule has 6 nitrogen and oxygen atoms in total. The van der Waals surface area contributed by atoms with Gasteiger partial charge in [-0.15, -0.1) is 0 Å². The van der Waals surface area contributed by atoms with Gasteiger partial charge in [-0.1, -0.05) is 59.6 Å². The molecule has 0 saturated heterocycles. The Bertz CT molecular complexity index is 1120. The van der Waals surface area contributed by atoms with Crippen LogP contribution >= 0.6 is 23.2 Å². The van der Waals surface area contributed by atoms with E-state index in [4.69, 9.17) is 27.9 Å². The van der Waals surface area contributed by atoms with Gasteiger partial charge in [-0.3, -0.25) is 9.59 Å². The molecular weight excluding hydrogens is 425 g/mol. The number of nitrogens with zero attached hydrogens (tertiary/aromatic N) is 1. The molecule has 0 radical (unpaired) electrons. The van der Waals surface area contributed by atoms with Gasteiger partial charge in [0.1, 0.15) is 5.75 Å². The third-order valence-corrected chi connectivity index (χ3v) is 4.92. The van der Waals surface area contributed by atoms with Crippen LogP contribution in [0.4, 0.5) is 5.69 Å². The van der Waals surface area contributed by atoms with Gasteiger partial charge in [0.05, 0.1) is 22.2 Å². The van der Waals surface area contributed by atoms with Crippen LogP contribution in [0.25, 0.3) is 10.8 Å². The van der Waals surface area contributed by atoms with E-state index in [0.29, 0.717) is 22.2 Å². The van der Waals surface area contributed by atoms with Crippen molar-refractivity contribution in [1.29, 1.82) is 0 Å². The van der Waals surface area contributed by atoms with E-state index in [2.05, 4.69) is 15.8 Å². The van der Waals surface area contributed by atoms with Crippen LogP contribution in [-0.2, 0) is 9.59 Å². The zero-order valence-corrected chi connectivity index (χ0v) is 17.6. The minimum atomic E-state index is -0.430. The summed E-state index contributed by atoms with van der Waals surface area (Å²) in [4.78, 5) is 24.1. The van der Waals surface area contributed by atoms with Crippen molar-refractivity contribution < 1.29 is 14.3 Å². The number of nitrogens with one attached hydrogen (secondary N) is 2. The zero-order valence-electron chi connectivity index (χ0n) is 16.1. The maximum Gasteiger partial charge on any atom is 0.277 e. The Morgan fingerprint density at radius 2 is 1.73 bits per heavy atom. The van der Waals surface area contributed by atoms with Gasteiger partial charge in [0.25, 0.3) is 5.91 Å². The Labute approximate surface area is 183 Å². The number of rotatable bonds is 7. The lowest BCUT2D eigenvalue weighted by Gasteiger charge is -2.08. The number of anilines is 1. The number of ether oxygens (including phenoxy) is 1. The molecule has 2 amide bonds. The van der Waals surface area contributed by atoms with Crippen LogP contribution in [0.5, 0.6) is 5.75 Å². The monoisotopic (exact) mass is 443 g/mol. The Morgan fingerprint density at radius 3 is 2.53 bits per heavy atom. The summed E-state index contributed by atoms with van der Waals surface area (Å²) in [6.45, 7) is 1.43. The van der Waals surface area contributed by atoms with E-state index >= 15 is 0 Å². The largest absolute Gasteiger partial charge is 0.484 e. The molecule has 30 heavy (non-hydrogen) atoms. The lowest BCUT2D eigenvalue weighted by atomic mass is 10.1. The summed E-state index contributed by atoms with van der Waals surface area (Å²) in [7, 11) is 0. The molecule has 154 valence electrons. The molecule has 0 fully saturated rings. The number of hydrogen-bond acceptors (Lipinski definition) is 4. The van der Waals surface area contributed by atoms with E-state index in [9.17, 15) is 9.59 Å². The lowest BCUT2D eigenvalue weighted by Crippen LogP contribution is -2.26. The predicted octanol–water partition coefficient (Wildman–Crippen LogP) is 5.05. The number of fused-ring (bicyclic) bond motifs is 1. The molecule has 0 atom stereocenters. The van der Waals surface area contributed by atoms with E-state index in [1.54, 1.807) is 31.2 Å². The number of hydrazone groups is 1. The SMILES string of the molecule is C/C(CC(=O)Nc1cccc(Cl)c1Cl)=N\NC(=O)COc1ccc2ccccc2c1. The lowest BCUT2D eigenvalue weighted by molar-refractivity contribution is -0.123. The molecule has 3 rings (SSSR count). The van der Waals surface area contributed by atoms with Crippen molar-refractivity contribution in [2.45, 2.75) is 13.3 Å². The highest BCUT2D eigenvalue weighted by atomic mass is 35.5. The molecule has 3 aromatic carbocycles. The van der Waals surface area contributed by atoms with E-state index < -0.39 is 5.91 Å². The molecule has 0 spiro atoms. The van der Waals surface area contributed by atoms with Crippen molar-refractivity contribution >= 4 is 57.2 Å². The first kappa shape index (κ1) is 21.6. The number of carbonyl (C=O) groups excluding carboxylic acids is 2. The van der Waals surface area contributed by atoms with Gasteiger partial charge in [0.15, 0.2) is 6.61 Å². The van der Waals surface area contributed by atoms with E-state index in [1.165, 1.54) is 0 Å². The summed E-state index contributed by atoms with van der Waals surface area (Å²) < 4.78 is 5.50. The molecule has 0 aliphatic carbocycles. The normalized spacial score (nSPS) is 11.2. The summed E-state index contributed by atoms with van der Waals surface area (Å²) in [6.07, 6.45) is -0.0192. The van der Waals surface area contributed by atoms with E-state index in [0.717, 1.165) is 10.8 Å². The van der Waals surface area contributed by atoms with E-state index in [-0.39, 0.29) is 24.0 Å². The summed E-state index contributed by atoms with van der Waals surface area (Å²) in [5.41, 5.74) is 3.21. The molecule has 3 aromatic rings. The summed E-state index contributed by atoms with van der Waals surface area (Å²) >= 11 is 12.0. The highest BCUT2D eigenvalue weighted by molar-refractivity contribution is 6.44. The molecule has 2 N–H and O–H groups in total. The van der Waals surface area contributed by atoms with Crippen molar-refractivity contribution in [2.75, 3.05) is 11.9 Å². The van der Waals surface area contributed by atoms with Crippen LogP contribution < -0.4 is 15.5 Å². The quantitative estimate of drug-likeness (QED) is 0.396. The van der Waals surface area contributed by atoms with Crippen molar-refractivity contribution in [2.24, 2.45) is 5.10 Å². The van der Waals surface area contributed by atoms with Crippen molar-refractivity contribution in [3.63, 3.8) is 0 Å². The molecule has 0 saturated carbocycles. The Hall–Kier alpha value is -3.09. The number of hydrogen-bond donors (Lipinski definition) is 2. The van der Waals surface area contributed by atoms with Gasteiger partial charge in [0.2, 0.25) is 5.91 Å². The third kappa shape index (κ3) is 5.95.